The molecular weight excluding hydrogens is 398 g/mol. The fourth-order valence-electron chi connectivity index (χ4n) is 3.82. The van der Waals surface area contributed by atoms with E-state index < -0.39 is 5.82 Å². The van der Waals surface area contributed by atoms with Crippen LogP contribution in [-0.4, -0.2) is 23.1 Å². The van der Waals surface area contributed by atoms with Gasteiger partial charge in [-0.3, -0.25) is 0 Å². The molecule has 1 saturated heterocycles. The van der Waals surface area contributed by atoms with Crippen LogP contribution in [0.3, 0.4) is 0 Å². The highest BCUT2D eigenvalue weighted by Gasteiger charge is 2.24. The molecule has 2 heterocycles. The topological polar surface area (TPSA) is 52.8 Å². The fourth-order valence-corrected chi connectivity index (χ4v) is 4.12. The fraction of sp³-hybridized carbons (Fsp3) is 0.286. The van der Waals surface area contributed by atoms with E-state index in [-0.39, 0.29) is 11.4 Å². The molecular formula is C21H17Cl2FN4. The number of hydrogen-bond donors (Lipinski definition) is 0. The van der Waals surface area contributed by atoms with Gasteiger partial charge in [0.1, 0.15) is 23.5 Å². The van der Waals surface area contributed by atoms with Crippen LogP contribution in [0, 0.1) is 23.1 Å². The second-order valence-corrected chi connectivity index (χ2v) is 7.78. The van der Waals surface area contributed by atoms with Gasteiger partial charge in [0, 0.05) is 19.5 Å². The van der Waals surface area contributed by atoms with Crippen molar-refractivity contribution >= 4 is 39.9 Å². The molecule has 2 aromatic carbocycles. The van der Waals surface area contributed by atoms with Crippen molar-refractivity contribution in [3.8, 4) is 17.2 Å². The van der Waals surface area contributed by atoms with Gasteiger partial charge in [0.05, 0.1) is 21.5 Å². The molecule has 3 aromatic rings. The molecule has 1 atom stereocenters. The number of benzene rings is 2. The van der Waals surface area contributed by atoms with Crippen LogP contribution in [0.4, 0.5) is 10.2 Å². The third-order valence-corrected chi connectivity index (χ3v) is 5.89. The van der Waals surface area contributed by atoms with Gasteiger partial charge in [-0.15, -0.1) is 0 Å². The quantitative estimate of drug-likeness (QED) is 0.537. The number of rotatable bonds is 3. The first-order valence-electron chi connectivity index (χ1n) is 9.09. The van der Waals surface area contributed by atoms with E-state index in [1.54, 1.807) is 18.2 Å². The molecule has 4 nitrogen and oxygen atoms in total. The Hall–Kier alpha value is -2.42. The van der Waals surface area contributed by atoms with Gasteiger partial charge in [-0.05, 0) is 48.1 Å². The standard InChI is InChI=1S/C21H17Cl2FN4/c22-16-5-3-14(10-17(16)23)15-4-6-18(24)20-19(15)21(27-12-26-20)28-9-1-2-13(11-28)7-8-25/h3-6,10,12-13H,1-2,7,9,11H2/t13-/m1/s1. The summed E-state index contributed by atoms with van der Waals surface area (Å²) in [6, 6.07) is 10.7. The molecule has 0 saturated carbocycles. The maximum atomic E-state index is 14.6. The van der Waals surface area contributed by atoms with Gasteiger partial charge < -0.3 is 4.90 Å². The van der Waals surface area contributed by atoms with Crippen LogP contribution in [0.1, 0.15) is 19.3 Å². The van der Waals surface area contributed by atoms with E-state index >= 15 is 0 Å². The third-order valence-electron chi connectivity index (χ3n) is 5.15. The Balaban J connectivity index is 1.89. The molecule has 28 heavy (non-hydrogen) atoms. The zero-order valence-electron chi connectivity index (χ0n) is 15.0. The summed E-state index contributed by atoms with van der Waals surface area (Å²) < 4.78 is 14.6. The molecule has 0 radical (unpaired) electrons. The highest BCUT2D eigenvalue weighted by molar-refractivity contribution is 6.42. The summed E-state index contributed by atoms with van der Waals surface area (Å²) in [5.41, 5.74) is 1.89. The number of hydrogen-bond acceptors (Lipinski definition) is 4. The normalized spacial score (nSPS) is 16.9. The predicted octanol–water partition coefficient (Wildman–Crippen LogP) is 5.87. The molecule has 0 N–H and O–H groups in total. The number of halogens is 3. The Morgan fingerprint density at radius 2 is 2.04 bits per heavy atom. The molecule has 0 aliphatic carbocycles. The van der Waals surface area contributed by atoms with Crippen LogP contribution in [0.15, 0.2) is 36.7 Å². The van der Waals surface area contributed by atoms with Gasteiger partial charge >= 0.3 is 0 Å². The first-order valence-corrected chi connectivity index (χ1v) is 9.84. The number of anilines is 1. The Morgan fingerprint density at radius 1 is 1.18 bits per heavy atom. The Bertz CT molecular complexity index is 1080. The van der Waals surface area contributed by atoms with Crippen molar-refractivity contribution in [3.05, 3.63) is 52.5 Å². The van der Waals surface area contributed by atoms with E-state index in [4.69, 9.17) is 28.5 Å². The minimum Gasteiger partial charge on any atom is -0.356 e. The zero-order valence-corrected chi connectivity index (χ0v) is 16.5. The average Bonchev–Trinajstić information content (AvgIpc) is 2.71. The molecule has 0 unspecified atom stereocenters. The maximum absolute atomic E-state index is 14.6. The van der Waals surface area contributed by atoms with Gasteiger partial charge in [0.2, 0.25) is 0 Å². The number of nitriles is 1. The van der Waals surface area contributed by atoms with Crippen molar-refractivity contribution in [2.75, 3.05) is 18.0 Å². The molecule has 142 valence electrons. The second-order valence-electron chi connectivity index (χ2n) is 6.96. The van der Waals surface area contributed by atoms with Crippen molar-refractivity contribution in [1.29, 1.82) is 5.26 Å². The Morgan fingerprint density at radius 3 is 2.82 bits per heavy atom. The number of nitrogens with zero attached hydrogens (tertiary/aromatic N) is 4. The summed E-state index contributed by atoms with van der Waals surface area (Å²) in [5.74, 6) is 0.576. The van der Waals surface area contributed by atoms with E-state index in [0.29, 0.717) is 27.7 Å². The smallest absolute Gasteiger partial charge is 0.149 e. The summed E-state index contributed by atoms with van der Waals surface area (Å²) in [5, 5.41) is 10.6. The van der Waals surface area contributed by atoms with E-state index in [9.17, 15) is 4.39 Å². The molecule has 1 aromatic heterocycles. The van der Waals surface area contributed by atoms with Gasteiger partial charge in [-0.25, -0.2) is 14.4 Å². The van der Waals surface area contributed by atoms with Crippen molar-refractivity contribution in [1.82, 2.24) is 9.97 Å². The zero-order chi connectivity index (χ0) is 19.7. The van der Waals surface area contributed by atoms with E-state index in [0.717, 1.165) is 37.1 Å². The molecule has 7 heteroatoms. The summed E-state index contributed by atoms with van der Waals surface area (Å²) >= 11 is 12.3. The Labute approximate surface area is 172 Å². The lowest BCUT2D eigenvalue weighted by Crippen LogP contribution is -2.36. The van der Waals surface area contributed by atoms with Crippen LogP contribution in [0.2, 0.25) is 10.0 Å². The van der Waals surface area contributed by atoms with E-state index in [2.05, 4.69) is 20.9 Å². The van der Waals surface area contributed by atoms with Crippen LogP contribution in [0.25, 0.3) is 22.0 Å². The van der Waals surface area contributed by atoms with Gasteiger partial charge in [-0.1, -0.05) is 35.3 Å². The van der Waals surface area contributed by atoms with E-state index in [1.165, 1.54) is 12.4 Å². The largest absolute Gasteiger partial charge is 0.356 e. The van der Waals surface area contributed by atoms with Crippen molar-refractivity contribution < 1.29 is 4.39 Å². The lowest BCUT2D eigenvalue weighted by molar-refractivity contribution is 0.420. The monoisotopic (exact) mass is 414 g/mol. The SMILES string of the molecule is N#CC[C@H]1CCCN(c2ncnc3c(F)ccc(-c4ccc(Cl)c(Cl)c4)c23)C1. The molecule has 1 aliphatic heterocycles. The van der Waals surface area contributed by atoms with E-state index in [1.807, 2.05) is 6.07 Å². The Kier molecular flexibility index (Phi) is 5.34. The average molecular weight is 415 g/mol. The van der Waals surface area contributed by atoms with Crippen LogP contribution in [-0.2, 0) is 0 Å². The van der Waals surface area contributed by atoms with Gasteiger partial charge in [0.25, 0.3) is 0 Å². The van der Waals surface area contributed by atoms with Crippen molar-refractivity contribution in [3.63, 3.8) is 0 Å². The number of piperidine rings is 1. The van der Waals surface area contributed by atoms with Gasteiger partial charge in [0.15, 0.2) is 0 Å². The third kappa shape index (κ3) is 3.50. The minimum absolute atomic E-state index is 0.274. The highest BCUT2D eigenvalue weighted by atomic mass is 35.5. The number of fused-ring (bicyclic) bond motifs is 1. The molecule has 4 rings (SSSR count). The summed E-state index contributed by atoms with van der Waals surface area (Å²) in [4.78, 5) is 10.8. The first-order chi connectivity index (χ1) is 13.6. The summed E-state index contributed by atoms with van der Waals surface area (Å²) in [7, 11) is 0. The molecule has 0 bridgehead atoms. The predicted molar refractivity (Wildman–Crippen MR) is 110 cm³/mol. The molecule has 0 spiro atoms. The van der Waals surface area contributed by atoms with Crippen molar-refractivity contribution in [2.24, 2.45) is 5.92 Å². The van der Waals surface area contributed by atoms with Gasteiger partial charge in [-0.2, -0.15) is 5.26 Å². The lowest BCUT2D eigenvalue weighted by Gasteiger charge is -2.33. The van der Waals surface area contributed by atoms with Crippen LogP contribution >= 0.6 is 23.2 Å². The van der Waals surface area contributed by atoms with Crippen LogP contribution < -0.4 is 4.90 Å². The maximum Gasteiger partial charge on any atom is 0.149 e. The minimum atomic E-state index is -0.395. The lowest BCUT2D eigenvalue weighted by atomic mass is 9.94. The van der Waals surface area contributed by atoms with Crippen LogP contribution in [0.5, 0.6) is 0 Å². The molecule has 1 aliphatic rings. The highest BCUT2D eigenvalue weighted by Crippen LogP contribution is 2.38. The number of aromatic nitrogens is 2. The molecule has 1 fully saturated rings. The summed E-state index contributed by atoms with van der Waals surface area (Å²) in [6.07, 6.45) is 3.89. The molecule has 0 amide bonds. The summed E-state index contributed by atoms with van der Waals surface area (Å²) in [6.45, 7) is 1.53. The second kappa shape index (κ2) is 7.90. The first kappa shape index (κ1) is 18.9. The van der Waals surface area contributed by atoms with Crippen molar-refractivity contribution in [2.45, 2.75) is 19.3 Å².